The summed E-state index contributed by atoms with van der Waals surface area (Å²) in [6.45, 7) is 4.05. The van der Waals surface area contributed by atoms with Gasteiger partial charge in [-0.3, -0.25) is 0 Å². The van der Waals surface area contributed by atoms with Crippen molar-refractivity contribution in [3.8, 4) is 0 Å². The molecule has 3 fully saturated rings. The van der Waals surface area contributed by atoms with Gasteiger partial charge in [0.2, 0.25) is 0 Å². The number of benzene rings is 1. The number of aliphatic hydroxyl groups is 1. The molecule has 1 aromatic rings. The van der Waals surface area contributed by atoms with Gasteiger partial charge in [-0.2, -0.15) is 0 Å². The molecule has 1 heteroatoms. The van der Waals surface area contributed by atoms with Gasteiger partial charge >= 0.3 is 0 Å². The van der Waals surface area contributed by atoms with E-state index in [0.29, 0.717) is 5.41 Å². The van der Waals surface area contributed by atoms with E-state index in [1.807, 2.05) is 13.8 Å². The van der Waals surface area contributed by atoms with Gasteiger partial charge in [0.1, 0.15) is 0 Å². The molecule has 4 rings (SSSR count). The lowest BCUT2D eigenvalue weighted by Gasteiger charge is -2.33. The van der Waals surface area contributed by atoms with Gasteiger partial charge in [-0.25, -0.2) is 0 Å². The molecule has 17 heavy (non-hydrogen) atoms. The molecule has 1 aromatic carbocycles. The summed E-state index contributed by atoms with van der Waals surface area (Å²) in [5.74, 6) is 1.49. The Morgan fingerprint density at radius 2 is 1.71 bits per heavy atom. The molecule has 0 amide bonds. The molecule has 0 aliphatic heterocycles. The Morgan fingerprint density at radius 3 is 2.18 bits per heavy atom. The number of hydrogen-bond acceptors (Lipinski definition) is 1. The average molecular weight is 228 g/mol. The third kappa shape index (κ3) is 0.807. The Hall–Kier alpha value is -0.820. The minimum absolute atomic E-state index is 0.222. The normalized spacial score (nSPS) is 46.3. The van der Waals surface area contributed by atoms with Crippen LogP contribution in [0.2, 0.25) is 0 Å². The molecule has 0 heterocycles. The maximum absolute atomic E-state index is 10.6. The van der Waals surface area contributed by atoms with E-state index in [1.54, 1.807) is 0 Å². The summed E-state index contributed by atoms with van der Waals surface area (Å²) in [6, 6.07) is 10.9. The van der Waals surface area contributed by atoms with Gasteiger partial charge in [0, 0.05) is 10.8 Å². The summed E-state index contributed by atoms with van der Waals surface area (Å²) < 4.78 is 0. The highest BCUT2D eigenvalue weighted by Crippen LogP contribution is 2.99. The Morgan fingerprint density at radius 1 is 1.12 bits per heavy atom. The SMILES string of the molecule is CC(C)(O)C12C3CCCC1C32c1ccccc1. The number of hydrogen-bond donors (Lipinski definition) is 1. The predicted molar refractivity (Wildman–Crippen MR) is 67.7 cm³/mol. The zero-order valence-electron chi connectivity index (χ0n) is 10.6. The molecule has 1 nitrogen and oxygen atoms in total. The number of fused-ring (bicyclic) bond motifs is 2. The van der Waals surface area contributed by atoms with E-state index in [4.69, 9.17) is 0 Å². The quantitative estimate of drug-likeness (QED) is 0.824. The summed E-state index contributed by atoms with van der Waals surface area (Å²) in [6.07, 6.45) is 3.99. The lowest BCUT2D eigenvalue weighted by molar-refractivity contribution is -0.00546. The standard InChI is InChI=1S/C16H20O/c1-14(2,17)16-12-9-6-10-13(16)15(12,16)11-7-4-3-5-8-11/h3-5,7-8,12-13,17H,6,9-10H2,1-2H3. The zero-order chi connectivity index (χ0) is 11.9. The molecule has 1 N–H and O–H groups in total. The molecule has 0 radical (unpaired) electrons. The largest absolute Gasteiger partial charge is 0.390 e. The van der Waals surface area contributed by atoms with Gasteiger partial charge in [0.15, 0.2) is 0 Å². The molecule has 0 aromatic heterocycles. The lowest BCUT2D eigenvalue weighted by atomic mass is 9.73. The minimum Gasteiger partial charge on any atom is -0.390 e. The molecule has 3 aliphatic rings. The monoisotopic (exact) mass is 228 g/mol. The van der Waals surface area contributed by atoms with Crippen LogP contribution in [0.25, 0.3) is 0 Å². The smallest absolute Gasteiger partial charge is 0.0662 e. The molecule has 2 unspecified atom stereocenters. The third-order valence-corrected chi connectivity index (χ3v) is 5.97. The van der Waals surface area contributed by atoms with E-state index < -0.39 is 5.60 Å². The first kappa shape index (κ1) is 10.1. The molecule has 0 spiro atoms. The van der Waals surface area contributed by atoms with Crippen molar-refractivity contribution in [3.05, 3.63) is 35.9 Å². The highest BCUT2D eigenvalue weighted by Gasteiger charge is 3.00. The van der Waals surface area contributed by atoms with Crippen LogP contribution in [-0.2, 0) is 5.41 Å². The van der Waals surface area contributed by atoms with Gasteiger partial charge in [0.25, 0.3) is 0 Å². The first-order chi connectivity index (χ1) is 8.08. The Balaban J connectivity index is 1.83. The fourth-order valence-corrected chi connectivity index (χ4v) is 5.74. The Labute approximate surface area is 103 Å². The highest BCUT2D eigenvalue weighted by atomic mass is 16.3. The van der Waals surface area contributed by atoms with Gasteiger partial charge in [-0.15, -0.1) is 0 Å². The highest BCUT2D eigenvalue weighted by molar-refractivity contribution is 5.60. The first-order valence-electron chi connectivity index (χ1n) is 6.86. The van der Waals surface area contributed by atoms with Gasteiger partial charge in [-0.05, 0) is 44.1 Å². The third-order valence-electron chi connectivity index (χ3n) is 5.97. The van der Waals surface area contributed by atoms with Crippen molar-refractivity contribution >= 4 is 0 Å². The zero-order valence-corrected chi connectivity index (χ0v) is 10.6. The van der Waals surface area contributed by atoms with E-state index in [0.717, 1.165) is 11.8 Å². The van der Waals surface area contributed by atoms with Crippen molar-refractivity contribution in [1.82, 2.24) is 0 Å². The van der Waals surface area contributed by atoms with Crippen molar-refractivity contribution in [2.45, 2.75) is 44.1 Å². The van der Waals surface area contributed by atoms with Crippen LogP contribution in [0.1, 0.15) is 38.7 Å². The van der Waals surface area contributed by atoms with E-state index in [-0.39, 0.29) is 5.41 Å². The fourth-order valence-electron chi connectivity index (χ4n) is 5.74. The second-order valence-electron chi connectivity index (χ2n) is 6.70. The van der Waals surface area contributed by atoms with Crippen LogP contribution in [0.15, 0.2) is 30.3 Å². The Bertz CT molecular complexity index is 456. The second kappa shape index (κ2) is 2.61. The molecule has 0 bridgehead atoms. The van der Waals surface area contributed by atoms with Crippen LogP contribution in [0.3, 0.4) is 0 Å². The second-order valence-corrected chi connectivity index (χ2v) is 6.70. The van der Waals surface area contributed by atoms with Crippen LogP contribution >= 0.6 is 0 Å². The van der Waals surface area contributed by atoms with Gasteiger partial charge in [-0.1, -0.05) is 36.8 Å². The predicted octanol–water partition coefficient (Wildman–Crippen LogP) is 3.13. The van der Waals surface area contributed by atoms with Crippen molar-refractivity contribution in [1.29, 1.82) is 0 Å². The van der Waals surface area contributed by atoms with Crippen LogP contribution in [0, 0.1) is 17.3 Å². The molecule has 3 saturated carbocycles. The van der Waals surface area contributed by atoms with Gasteiger partial charge < -0.3 is 5.11 Å². The maximum Gasteiger partial charge on any atom is 0.0662 e. The maximum atomic E-state index is 10.6. The summed E-state index contributed by atoms with van der Waals surface area (Å²) in [5, 5.41) is 10.6. The molecular weight excluding hydrogens is 208 g/mol. The Kier molecular flexibility index (Phi) is 1.56. The van der Waals surface area contributed by atoms with E-state index in [2.05, 4.69) is 30.3 Å². The van der Waals surface area contributed by atoms with Crippen LogP contribution in [-0.4, -0.2) is 10.7 Å². The summed E-state index contributed by atoms with van der Waals surface area (Å²) in [7, 11) is 0. The van der Waals surface area contributed by atoms with Gasteiger partial charge in [0.05, 0.1) is 5.60 Å². The van der Waals surface area contributed by atoms with Crippen LogP contribution in [0.4, 0.5) is 0 Å². The first-order valence-corrected chi connectivity index (χ1v) is 6.86. The molecule has 3 aliphatic carbocycles. The lowest BCUT2D eigenvalue weighted by Crippen LogP contribution is -2.35. The topological polar surface area (TPSA) is 20.2 Å². The molecule has 0 saturated heterocycles. The van der Waals surface area contributed by atoms with Crippen LogP contribution < -0.4 is 0 Å². The van der Waals surface area contributed by atoms with Crippen LogP contribution in [0.5, 0.6) is 0 Å². The average Bonchev–Trinajstić information content (AvgIpc) is 3.16. The molecule has 2 atom stereocenters. The minimum atomic E-state index is -0.515. The van der Waals surface area contributed by atoms with Crippen molar-refractivity contribution in [2.24, 2.45) is 17.3 Å². The van der Waals surface area contributed by atoms with Crippen molar-refractivity contribution in [2.75, 3.05) is 0 Å². The fraction of sp³-hybridized carbons (Fsp3) is 0.625. The summed E-state index contributed by atoms with van der Waals surface area (Å²) >= 11 is 0. The molecular formula is C16H20O. The summed E-state index contributed by atoms with van der Waals surface area (Å²) in [5.41, 5.74) is 1.54. The van der Waals surface area contributed by atoms with E-state index in [1.165, 1.54) is 24.8 Å². The van der Waals surface area contributed by atoms with Crippen molar-refractivity contribution < 1.29 is 5.11 Å². The van der Waals surface area contributed by atoms with Crippen molar-refractivity contribution in [3.63, 3.8) is 0 Å². The summed E-state index contributed by atoms with van der Waals surface area (Å²) in [4.78, 5) is 0. The number of rotatable bonds is 2. The van der Waals surface area contributed by atoms with E-state index in [9.17, 15) is 5.11 Å². The molecule has 90 valence electrons. The van der Waals surface area contributed by atoms with E-state index >= 15 is 0 Å².